The lowest BCUT2D eigenvalue weighted by atomic mass is 9.69. The molecule has 4 heteroatoms. The van der Waals surface area contributed by atoms with Gasteiger partial charge >= 0.3 is 0 Å². The third-order valence-electron chi connectivity index (χ3n) is 5.93. The molecular weight excluding hydrogens is 282 g/mol. The summed E-state index contributed by atoms with van der Waals surface area (Å²) in [5.41, 5.74) is 0.934. The molecule has 1 aromatic carbocycles. The Labute approximate surface area is 128 Å². The van der Waals surface area contributed by atoms with Crippen LogP contribution in [0.4, 0.5) is 0 Å². The summed E-state index contributed by atoms with van der Waals surface area (Å²) in [5.74, 6) is 0.632. The van der Waals surface area contributed by atoms with Crippen LogP contribution in [0.5, 0.6) is 0 Å². The van der Waals surface area contributed by atoms with Gasteiger partial charge in [0.25, 0.3) is 0 Å². The van der Waals surface area contributed by atoms with Gasteiger partial charge in [-0.1, -0.05) is 39.0 Å². The maximum atomic E-state index is 12.8. The Hall–Kier alpha value is -0.870. The molecule has 0 spiro atoms. The smallest absolute Gasteiger partial charge is 0.207 e. The molecule has 0 aliphatic heterocycles. The molecule has 116 valence electrons. The number of hydrogen-bond donors (Lipinski definition) is 1. The van der Waals surface area contributed by atoms with Crippen LogP contribution in [0.15, 0.2) is 29.2 Å². The largest absolute Gasteiger partial charge is 0.241 e. The van der Waals surface area contributed by atoms with Gasteiger partial charge in [-0.25, -0.2) is 13.1 Å². The second kappa shape index (κ2) is 4.56. The molecule has 3 nitrogen and oxygen atoms in total. The lowest BCUT2D eigenvalue weighted by molar-refractivity contribution is 0.127. The van der Waals surface area contributed by atoms with Crippen molar-refractivity contribution in [3.8, 4) is 0 Å². The Morgan fingerprint density at radius 2 is 1.86 bits per heavy atom. The SMILES string of the molecule is Cc1ccccc1S(=O)(=O)NC1C2(C)CCC(C2)C1(C)C. The molecule has 2 fully saturated rings. The van der Waals surface area contributed by atoms with Crippen molar-refractivity contribution in [2.75, 3.05) is 0 Å². The molecular formula is C17H25NO2S. The van der Waals surface area contributed by atoms with Crippen molar-refractivity contribution in [1.82, 2.24) is 4.72 Å². The van der Waals surface area contributed by atoms with E-state index in [-0.39, 0.29) is 16.9 Å². The topological polar surface area (TPSA) is 46.2 Å². The number of sulfonamides is 1. The van der Waals surface area contributed by atoms with Crippen molar-refractivity contribution in [1.29, 1.82) is 0 Å². The highest BCUT2D eigenvalue weighted by Crippen LogP contribution is 2.62. The van der Waals surface area contributed by atoms with Gasteiger partial charge in [-0.2, -0.15) is 0 Å². The Morgan fingerprint density at radius 3 is 2.43 bits per heavy atom. The fraction of sp³-hybridized carbons (Fsp3) is 0.647. The van der Waals surface area contributed by atoms with Crippen LogP contribution in [0, 0.1) is 23.7 Å². The summed E-state index contributed by atoms with van der Waals surface area (Å²) in [4.78, 5) is 0.409. The van der Waals surface area contributed by atoms with Crippen molar-refractivity contribution < 1.29 is 8.42 Å². The molecule has 1 aromatic rings. The summed E-state index contributed by atoms with van der Waals surface area (Å²) in [6, 6.07) is 7.22. The predicted molar refractivity (Wildman–Crippen MR) is 84.5 cm³/mol. The van der Waals surface area contributed by atoms with Gasteiger partial charge in [0.15, 0.2) is 0 Å². The Bertz CT molecular complexity index is 660. The monoisotopic (exact) mass is 307 g/mol. The molecule has 0 aromatic heterocycles. The molecule has 0 saturated heterocycles. The third kappa shape index (κ3) is 2.23. The highest BCUT2D eigenvalue weighted by atomic mass is 32.2. The summed E-state index contributed by atoms with van der Waals surface area (Å²) in [6.45, 7) is 8.52. The van der Waals surface area contributed by atoms with Crippen LogP contribution in [-0.2, 0) is 10.0 Å². The van der Waals surface area contributed by atoms with Gasteiger partial charge < -0.3 is 0 Å². The molecule has 2 aliphatic carbocycles. The van der Waals surface area contributed by atoms with Crippen molar-refractivity contribution in [2.24, 2.45) is 16.7 Å². The highest BCUT2D eigenvalue weighted by Gasteiger charge is 2.60. The van der Waals surface area contributed by atoms with E-state index in [1.807, 2.05) is 19.1 Å². The first-order chi connectivity index (χ1) is 9.67. The molecule has 3 atom stereocenters. The minimum Gasteiger partial charge on any atom is -0.207 e. The van der Waals surface area contributed by atoms with Crippen LogP contribution in [0.1, 0.15) is 45.6 Å². The van der Waals surface area contributed by atoms with Gasteiger partial charge in [-0.15, -0.1) is 0 Å². The van der Waals surface area contributed by atoms with Crippen LogP contribution < -0.4 is 4.72 Å². The van der Waals surface area contributed by atoms with Gasteiger partial charge in [-0.05, 0) is 54.6 Å². The zero-order valence-corrected chi connectivity index (χ0v) is 14.1. The van der Waals surface area contributed by atoms with Crippen LogP contribution in [-0.4, -0.2) is 14.5 Å². The van der Waals surface area contributed by atoms with Crippen molar-refractivity contribution >= 4 is 10.0 Å². The van der Waals surface area contributed by atoms with Crippen LogP contribution in [0.25, 0.3) is 0 Å². The number of rotatable bonds is 3. The van der Waals surface area contributed by atoms with E-state index in [2.05, 4.69) is 25.5 Å². The number of benzene rings is 1. The lowest BCUT2D eigenvalue weighted by Crippen LogP contribution is -2.52. The minimum absolute atomic E-state index is 0.0216. The van der Waals surface area contributed by atoms with Crippen molar-refractivity contribution in [2.45, 2.75) is 57.9 Å². The Kier molecular flexibility index (Phi) is 3.27. The molecule has 3 unspecified atom stereocenters. The van der Waals surface area contributed by atoms with E-state index in [1.165, 1.54) is 6.42 Å². The summed E-state index contributed by atoms with van der Waals surface area (Å²) in [6.07, 6.45) is 3.50. The lowest BCUT2D eigenvalue weighted by Gasteiger charge is -2.42. The molecule has 0 radical (unpaired) electrons. The van der Waals surface area contributed by atoms with Crippen molar-refractivity contribution in [3.63, 3.8) is 0 Å². The summed E-state index contributed by atoms with van der Waals surface area (Å²) in [5, 5.41) is 0. The standard InChI is InChI=1S/C17H25NO2S/c1-12-7-5-6-8-14(12)21(19,20)18-15-16(2,3)13-9-10-17(15,4)11-13/h5-8,13,15,18H,9-11H2,1-4H3. The summed E-state index contributed by atoms with van der Waals surface area (Å²) in [7, 11) is -3.46. The zero-order valence-electron chi connectivity index (χ0n) is 13.3. The van der Waals surface area contributed by atoms with Crippen LogP contribution >= 0.6 is 0 Å². The maximum Gasteiger partial charge on any atom is 0.241 e. The highest BCUT2D eigenvalue weighted by molar-refractivity contribution is 7.89. The van der Waals surface area contributed by atoms with Gasteiger partial charge in [0.05, 0.1) is 4.90 Å². The van der Waals surface area contributed by atoms with Gasteiger partial charge in [0.1, 0.15) is 0 Å². The van der Waals surface area contributed by atoms with Crippen LogP contribution in [0.2, 0.25) is 0 Å². The molecule has 2 saturated carbocycles. The Morgan fingerprint density at radius 1 is 1.19 bits per heavy atom. The van der Waals surface area contributed by atoms with Gasteiger partial charge in [0.2, 0.25) is 10.0 Å². The molecule has 21 heavy (non-hydrogen) atoms. The summed E-state index contributed by atoms with van der Waals surface area (Å²) >= 11 is 0. The zero-order chi connectivity index (χ0) is 15.5. The molecule has 0 amide bonds. The normalized spacial score (nSPS) is 34.3. The van der Waals surface area contributed by atoms with E-state index in [1.54, 1.807) is 12.1 Å². The van der Waals surface area contributed by atoms with E-state index in [0.29, 0.717) is 10.8 Å². The number of aryl methyl sites for hydroxylation is 1. The van der Waals surface area contributed by atoms with E-state index in [4.69, 9.17) is 0 Å². The van der Waals surface area contributed by atoms with E-state index in [0.717, 1.165) is 18.4 Å². The second-order valence-corrected chi connectivity index (χ2v) is 9.42. The van der Waals surface area contributed by atoms with E-state index < -0.39 is 10.0 Å². The first-order valence-electron chi connectivity index (χ1n) is 7.75. The van der Waals surface area contributed by atoms with Crippen molar-refractivity contribution in [3.05, 3.63) is 29.8 Å². The van der Waals surface area contributed by atoms with E-state index >= 15 is 0 Å². The first-order valence-corrected chi connectivity index (χ1v) is 9.23. The molecule has 1 N–H and O–H groups in total. The fourth-order valence-electron chi connectivity index (χ4n) is 4.67. The fourth-order valence-corrected chi connectivity index (χ4v) is 6.45. The third-order valence-corrected chi connectivity index (χ3v) is 7.51. The first kappa shape index (κ1) is 15.0. The number of hydrogen-bond acceptors (Lipinski definition) is 2. The van der Waals surface area contributed by atoms with Gasteiger partial charge in [0, 0.05) is 6.04 Å². The average Bonchev–Trinajstić information content (AvgIpc) is 2.86. The maximum absolute atomic E-state index is 12.8. The second-order valence-electron chi connectivity index (χ2n) is 7.73. The summed E-state index contributed by atoms with van der Waals surface area (Å²) < 4.78 is 28.7. The molecule has 2 bridgehead atoms. The molecule has 2 aliphatic rings. The average molecular weight is 307 g/mol. The van der Waals surface area contributed by atoms with Gasteiger partial charge in [-0.3, -0.25) is 0 Å². The quantitative estimate of drug-likeness (QED) is 0.929. The van der Waals surface area contributed by atoms with Crippen LogP contribution in [0.3, 0.4) is 0 Å². The molecule has 3 rings (SSSR count). The molecule has 0 heterocycles. The predicted octanol–water partition coefficient (Wildman–Crippen LogP) is 3.49. The number of nitrogens with one attached hydrogen (secondary N) is 1. The van der Waals surface area contributed by atoms with E-state index in [9.17, 15) is 8.42 Å². The number of fused-ring (bicyclic) bond motifs is 2. The Balaban J connectivity index is 1.95. The minimum atomic E-state index is -3.46.